The molecule has 0 saturated heterocycles. The van der Waals surface area contributed by atoms with Crippen LogP contribution in [0.15, 0.2) is 140 Å². The Kier molecular flexibility index (Phi) is 10.1. The molecule has 0 fully saturated rings. The molecule has 2 N–H and O–H groups in total. The number of amides is 1. The summed E-state index contributed by atoms with van der Waals surface area (Å²) < 4.78 is 0. The van der Waals surface area contributed by atoms with Crippen molar-refractivity contribution in [3.63, 3.8) is 0 Å². The van der Waals surface area contributed by atoms with E-state index >= 15 is 0 Å². The standard InChI is InChI=1S/C43H39NO5/c1-29(44(41(45)26-39(43(48)49)27-42(46)47)28-31-17-20-33-11-5-7-13-36(33)23-31)40(38-22-21-34-12-6-8-14-37(34)25-38)24-30-15-18-35(19-16-30)32-9-3-2-4-10-32/h2-23,25,29,39-40H,24,26-28H2,1H3,(H,46,47)(H,48,49). The van der Waals surface area contributed by atoms with Crippen LogP contribution in [0.25, 0.3) is 32.7 Å². The van der Waals surface area contributed by atoms with Crippen LogP contribution < -0.4 is 0 Å². The molecule has 0 heterocycles. The van der Waals surface area contributed by atoms with E-state index in [0.29, 0.717) is 6.42 Å². The molecule has 0 saturated carbocycles. The number of benzene rings is 6. The van der Waals surface area contributed by atoms with Gasteiger partial charge in [-0.15, -0.1) is 0 Å². The Bertz CT molecular complexity index is 2090. The van der Waals surface area contributed by atoms with Crippen molar-refractivity contribution < 1.29 is 24.6 Å². The van der Waals surface area contributed by atoms with E-state index in [4.69, 9.17) is 0 Å². The summed E-state index contributed by atoms with van der Waals surface area (Å²) in [5.74, 6) is -4.42. The number of rotatable bonds is 13. The Labute approximate surface area is 286 Å². The fourth-order valence-corrected chi connectivity index (χ4v) is 6.72. The Morgan fingerprint density at radius 1 is 0.592 bits per heavy atom. The van der Waals surface area contributed by atoms with Crippen LogP contribution in [0, 0.1) is 5.92 Å². The molecule has 0 spiro atoms. The maximum atomic E-state index is 14.2. The lowest BCUT2D eigenvalue weighted by Crippen LogP contribution is -2.43. The summed E-state index contributed by atoms with van der Waals surface area (Å²) in [6, 6.07) is 47.0. The third-order valence-corrected chi connectivity index (χ3v) is 9.47. The molecular weight excluding hydrogens is 610 g/mol. The van der Waals surface area contributed by atoms with Crippen LogP contribution in [0.5, 0.6) is 0 Å². The molecule has 0 aliphatic heterocycles. The van der Waals surface area contributed by atoms with Crippen molar-refractivity contribution in [2.45, 2.75) is 44.7 Å². The van der Waals surface area contributed by atoms with Crippen molar-refractivity contribution in [2.24, 2.45) is 5.92 Å². The van der Waals surface area contributed by atoms with E-state index in [0.717, 1.165) is 49.4 Å². The van der Waals surface area contributed by atoms with Gasteiger partial charge in [0, 0.05) is 24.9 Å². The predicted molar refractivity (Wildman–Crippen MR) is 194 cm³/mol. The zero-order valence-corrected chi connectivity index (χ0v) is 27.4. The minimum absolute atomic E-state index is 0.153. The highest BCUT2D eigenvalue weighted by Crippen LogP contribution is 2.33. The fraction of sp³-hybridized carbons (Fsp3) is 0.186. The Morgan fingerprint density at radius 3 is 1.78 bits per heavy atom. The largest absolute Gasteiger partial charge is 0.481 e. The second-order valence-corrected chi connectivity index (χ2v) is 12.8. The molecular formula is C43H39NO5. The van der Waals surface area contributed by atoms with Crippen LogP contribution in [-0.2, 0) is 27.3 Å². The predicted octanol–water partition coefficient (Wildman–Crippen LogP) is 8.97. The second kappa shape index (κ2) is 15.0. The van der Waals surface area contributed by atoms with E-state index in [2.05, 4.69) is 72.8 Å². The lowest BCUT2D eigenvalue weighted by Gasteiger charge is -2.36. The molecule has 6 nitrogen and oxygen atoms in total. The highest BCUT2D eigenvalue weighted by Gasteiger charge is 2.33. The molecule has 3 atom stereocenters. The lowest BCUT2D eigenvalue weighted by atomic mass is 9.84. The number of carboxylic acid groups (broad SMARTS) is 2. The van der Waals surface area contributed by atoms with Crippen LogP contribution in [-0.4, -0.2) is 39.0 Å². The molecule has 1 amide bonds. The van der Waals surface area contributed by atoms with E-state index in [9.17, 15) is 24.6 Å². The first-order chi connectivity index (χ1) is 23.7. The second-order valence-electron chi connectivity index (χ2n) is 12.8. The number of hydrogen-bond donors (Lipinski definition) is 2. The zero-order valence-electron chi connectivity index (χ0n) is 27.4. The van der Waals surface area contributed by atoms with Gasteiger partial charge in [0.2, 0.25) is 5.91 Å². The summed E-state index contributed by atoms with van der Waals surface area (Å²) in [6.45, 7) is 2.27. The molecule has 6 aromatic carbocycles. The van der Waals surface area contributed by atoms with Gasteiger partial charge in [0.05, 0.1) is 12.3 Å². The number of carbonyl (C=O) groups excluding carboxylic acids is 1. The van der Waals surface area contributed by atoms with Gasteiger partial charge in [0.25, 0.3) is 0 Å². The minimum atomic E-state index is -1.33. The highest BCUT2D eigenvalue weighted by atomic mass is 16.4. The Hall–Kier alpha value is -5.75. The van der Waals surface area contributed by atoms with Crippen molar-refractivity contribution >= 4 is 39.4 Å². The van der Waals surface area contributed by atoms with Gasteiger partial charge < -0.3 is 15.1 Å². The molecule has 6 aromatic rings. The smallest absolute Gasteiger partial charge is 0.307 e. The SMILES string of the molecule is CC(C(Cc1ccc(-c2ccccc2)cc1)c1ccc2ccccc2c1)N(Cc1ccc2ccccc2c1)C(=O)CC(CC(=O)O)C(=O)O. The summed E-state index contributed by atoms with van der Waals surface area (Å²) >= 11 is 0. The van der Waals surface area contributed by atoms with Crippen molar-refractivity contribution in [1.82, 2.24) is 4.90 Å². The van der Waals surface area contributed by atoms with Crippen LogP contribution in [0.1, 0.15) is 42.4 Å². The molecule has 0 aromatic heterocycles. The topological polar surface area (TPSA) is 94.9 Å². The highest BCUT2D eigenvalue weighted by molar-refractivity contribution is 5.86. The van der Waals surface area contributed by atoms with Gasteiger partial charge in [-0.05, 0) is 68.8 Å². The van der Waals surface area contributed by atoms with Gasteiger partial charge in [-0.3, -0.25) is 14.4 Å². The minimum Gasteiger partial charge on any atom is -0.481 e. The normalized spacial score (nSPS) is 13.1. The molecule has 0 aliphatic rings. The average Bonchev–Trinajstić information content (AvgIpc) is 3.12. The summed E-state index contributed by atoms with van der Waals surface area (Å²) in [7, 11) is 0. The van der Waals surface area contributed by atoms with E-state index in [1.54, 1.807) is 4.90 Å². The summed E-state index contributed by atoms with van der Waals surface area (Å²) in [4.78, 5) is 39.6. The first kappa shape index (κ1) is 33.2. The summed E-state index contributed by atoms with van der Waals surface area (Å²) in [5, 5.41) is 23.6. The first-order valence-corrected chi connectivity index (χ1v) is 16.6. The monoisotopic (exact) mass is 649 g/mol. The number of aliphatic carboxylic acids is 2. The molecule has 0 aliphatic carbocycles. The molecule has 6 rings (SSSR count). The number of carboxylic acids is 2. The van der Waals surface area contributed by atoms with E-state index < -0.39 is 30.7 Å². The third-order valence-electron chi connectivity index (χ3n) is 9.47. The van der Waals surface area contributed by atoms with Crippen molar-refractivity contribution in [1.29, 1.82) is 0 Å². The van der Waals surface area contributed by atoms with Gasteiger partial charge in [-0.1, -0.05) is 133 Å². The molecule has 246 valence electrons. The Morgan fingerprint density at radius 2 is 1.14 bits per heavy atom. The molecule has 3 unspecified atom stereocenters. The molecule has 0 radical (unpaired) electrons. The number of nitrogens with zero attached hydrogens (tertiary/aromatic N) is 1. The maximum Gasteiger partial charge on any atom is 0.307 e. The molecule has 6 heteroatoms. The van der Waals surface area contributed by atoms with E-state index in [1.807, 2.05) is 73.7 Å². The van der Waals surface area contributed by atoms with Crippen LogP contribution in [0.2, 0.25) is 0 Å². The number of hydrogen-bond acceptors (Lipinski definition) is 3. The van der Waals surface area contributed by atoms with Crippen LogP contribution in [0.3, 0.4) is 0 Å². The average molecular weight is 650 g/mol. The van der Waals surface area contributed by atoms with E-state index in [1.165, 1.54) is 0 Å². The van der Waals surface area contributed by atoms with Crippen molar-refractivity contribution in [3.05, 3.63) is 156 Å². The van der Waals surface area contributed by atoms with Crippen molar-refractivity contribution in [2.75, 3.05) is 0 Å². The number of carbonyl (C=O) groups is 3. The third kappa shape index (κ3) is 8.04. The van der Waals surface area contributed by atoms with Gasteiger partial charge in [-0.25, -0.2) is 0 Å². The number of fused-ring (bicyclic) bond motifs is 2. The maximum absolute atomic E-state index is 14.2. The van der Waals surface area contributed by atoms with Gasteiger partial charge >= 0.3 is 11.9 Å². The van der Waals surface area contributed by atoms with Crippen molar-refractivity contribution in [3.8, 4) is 11.1 Å². The zero-order chi connectivity index (χ0) is 34.3. The Balaban J connectivity index is 1.39. The van der Waals surface area contributed by atoms with Gasteiger partial charge in [-0.2, -0.15) is 0 Å². The van der Waals surface area contributed by atoms with E-state index in [-0.39, 0.29) is 24.4 Å². The summed E-state index contributed by atoms with van der Waals surface area (Å²) in [6.07, 6.45) is -0.398. The summed E-state index contributed by atoms with van der Waals surface area (Å²) in [5.41, 5.74) is 5.33. The van der Waals surface area contributed by atoms with Crippen LogP contribution in [0.4, 0.5) is 0 Å². The fourth-order valence-electron chi connectivity index (χ4n) is 6.72. The first-order valence-electron chi connectivity index (χ1n) is 16.6. The molecule has 0 bridgehead atoms. The van der Waals surface area contributed by atoms with Crippen LogP contribution >= 0.6 is 0 Å². The molecule has 49 heavy (non-hydrogen) atoms. The van der Waals surface area contributed by atoms with Gasteiger partial charge in [0.1, 0.15) is 0 Å². The van der Waals surface area contributed by atoms with Gasteiger partial charge in [0.15, 0.2) is 0 Å². The lowest BCUT2D eigenvalue weighted by molar-refractivity contribution is -0.151. The quantitative estimate of drug-likeness (QED) is 0.130.